The van der Waals surface area contributed by atoms with Crippen LogP contribution < -0.4 is 0 Å². The van der Waals surface area contributed by atoms with Gasteiger partial charge in [0.1, 0.15) is 5.41 Å². The van der Waals surface area contributed by atoms with Crippen molar-refractivity contribution < 1.29 is 25.2 Å². The van der Waals surface area contributed by atoms with E-state index >= 15 is 0 Å². The Kier molecular flexibility index (Phi) is 5.40. The lowest BCUT2D eigenvalue weighted by molar-refractivity contribution is -0.225. The molecule has 198 valence electrons. The van der Waals surface area contributed by atoms with Crippen LogP contribution in [0.15, 0.2) is 11.6 Å². The number of carboxylic acid groups (broad SMARTS) is 1. The van der Waals surface area contributed by atoms with Gasteiger partial charge in [-0.05, 0) is 96.2 Å². The van der Waals surface area contributed by atoms with Gasteiger partial charge in [-0.1, -0.05) is 60.1 Å². The van der Waals surface area contributed by atoms with Gasteiger partial charge in [0.2, 0.25) is 0 Å². The average Bonchev–Trinajstić information content (AvgIpc) is 2.73. The molecule has 4 N–H and O–H groups in total. The predicted molar refractivity (Wildman–Crippen MR) is 135 cm³/mol. The Morgan fingerprint density at radius 3 is 2.11 bits per heavy atom. The van der Waals surface area contributed by atoms with Crippen molar-refractivity contribution in [3.05, 3.63) is 11.6 Å². The van der Waals surface area contributed by atoms with E-state index in [1.165, 1.54) is 5.57 Å². The number of rotatable bonds is 1. The smallest absolute Gasteiger partial charge is 0.312 e. The molecule has 0 saturated heterocycles. The van der Waals surface area contributed by atoms with Crippen molar-refractivity contribution in [2.45, 2.75) is 118 Å². The summed E-state index contributed by atoms with van der Waals surface area (Å²) in [5.74, 6) is -0.342. The third-order valence-electron chi connectivity index (χ3n) is 13.3. The molecule has 0 aromatic heterocycles. The van der Waals surface area contributed by atoms with E-state index in [0.29, 0.717) is 24.7 Å². The predicted octanol–water partition coefficient (Wildman–Crippen LogP) is 5.18. The van der Waals surface area contributed by atoms with Crippen LogP contribution in [-0.2, 0) is 4.79 Å². The van der Waals surface area contributed by atoms with Gasteiger partial charge >= 0.3 is 5.97 Å². The molecule has 0 radical (unpaired) electrons. The molecule has 0 amide bonds. The molecule has 0 bridgehead atoms. The van der Waals surface area contributed by atoms with Gasteiger partial charge in [-0.25, -0.2) is 0 Å². The molecule has 10 atom stereocenters. The third-order valence-corrected chi connectivity index (χ3v) is 13.3. The van der Waals surface area contributed by atoms with Crippen LogP contribution in [0.25, 0.3) is 0 Å². The summed E-state index contributed by atoms with van der Waals surface area (Å²) in [4.78, 5) is 12.8. The molecule has 5 rings (SSSR count). The topological polar surface area (TPSA) is 98.0 Å². The van der Waals surface area contributed by atoms with E-state index in [0.717, 1.165) is 32.1 Å². The zero-order valence-corrected chi connectivity index (χ0v) is 22.9. The number of hydrogen-bond acceptors (Lipinski definition) is 4. The van der Waals surface area contributed by atoms with E-state index in [4.69, 9.17) is 0 Å². The first kappa shape index (κ1) is 25.7. The van der Waals surface area contributed by atoms with Crippen LogP contribution in [0.2, 0.25) is 0 Å². The lowest BCUT2D eigenvalue weighted by Crippen LogP contribution is -2.68. The minimum Gasteiger partial charge on any atom is -0.481 e. The number of carbonyl (C=O) groups is 1. The van der Waals surface area contributed by atoms with Crippen LogP contribution in [-0.4, -0.2) is 44.7 Å². The highest BCUT2D eigenvalue weighted by Crippen LogP contribution is 2.75. The average molecular weight is 489 g/mol. The van der Waals surface area contributed by atoms with E-state index in [-0.39, 0.29) is 40.1 Å². The fraction of sp³-hybridized carbons (Fsp3) is 0.900. The lowest BCUT2D eigenvalue weighted by atomic mass is 9.33. The molecule has 4 saturated carbocycles. The molecular formula is C30H48O5. The van der Waals surface area contributed by atoms with Crippen LogP contribution >= 0.6 is 0 Å². The number of fused-ring (bicyclic) bond motifs is 7. The van der Waals surface area contributed by atoms with Crippen molar-refractivity contribution in [1.82, 2.24) is 0 Å². The molecule has 5 aliphatic carbocycles. The summed E-state index contributed by atoms with van der Waals surface area (Å²) in [5, 5.41) is 44.0. The van der Waals surface area contributed by atoms with E-state index in [1.54, 1.807) is 0 Å². The fourth-order valence-corrected chi connectivity index (χ4v) is 10.7. The van der Waals surface area contributed by atoms with Gasteiger partial charge in [0.25, 0.3) is 0 Å². The largest absolute Gasteiger partial charge is 0.481 e. The molecule has 35 heavy (non-hydrogen) atoms. The minimum atomic E-state index is -1.32. The van der Waals surface area contributed by atoms with E-state index < -0.39 is 29.0 Å². The second kappa shape index (κ2) is 7.35. The molecule has 0 aliphatic heterocycles. The molecule has 3 unspecified atom stereocenters. The second-order valence-electron chi connectivity index (χ2n) is 15.2. The number of hydrogen-bond donors (Lipinski definition) is 4. The molecule has 4 fully saturated rings. The summed E-state index contributed by atoms with van der Waals surface area (Å²) >= 11 is 0. The zero-order valence-electron chi connectivity index (χ0n) is 22.9. The van der Waals surface area contributed by atoms with Gasteiger partial charge in [-0.15, -0.1) is 0 Å². The lowest BCUT2D eigenvalue weighted by Gasteiger charge is -2.71. The summed E-state index contributed by atoms with van der Waals surface area (Å²) in [7, 11) is 0. The fourth-order valence-electron chi connectivity index (χ4n) is 10.7. The monoisotopic (exact) mass is 488 g/mol. The maximum atomic E-state index is 12.8. The summed E-state index contributed by atoms with van der Waals surface area (Å²) in [6.07, 6.45) is 6.40. The first-order valence-corrected chi connectivity index (χ1v) is 14.0. The van der Waals surface area contributed by atoms with Crippen LogP contribution in [0.5, 0.6) is 0 Å². The maximum absolute atomic E-state index is 12.8. The van der Waals surface area contributed by atoms with Gasteiger partial charge in [0, 0.05) is 0 Å². The number of aliphatic hydroxyl groups is 3. The van der Waals surface area contributed by atoms with E-state index in [2.05, 4.69) is 40.7 Å². The van der Waals surface area contributed by atoms with Crippen molar-refractivity contribution >= 4 is 5.97 Å². The Balaban J connectivity index is 1.63. The molecular weight excluding hydrogens is 440 g/mol. The third kappa shape index (κ3) is 2.95. The Morgan fingerprint density at radius 1 is 0.829 bits per heavy atom. The Morgan fingerprint density at radius 2 is 1.49 bits per heavy atom. The van der Waals surface area contributed by atoms with Crippen LogP contribution in [0.1, 0.15) is 99.8 Å². The molecule has 5 nitrogen and oxygen atoms in total. The molecule has 0 spiro atoms. The summed E-state index contributed by atoms with van der Waals surface area (Å²) in [5.41, 5.74) is -0.823. The molecule has 5 aliphatic rings. The quantitative estimate of drug-likeness (QED) is 0.382. The normalized spacial score (nSPS) is 54.4. The summed E-state index contributed by atoms with van der Waals surface area (Å²) in [6.45, 7) is 15.8. The maximum Gasteiger partial charge on any atom is 0.312 e. The number of aliphatic hydroxyl groups excluding tert-OH is 3. The second-order valence-corrected chi connectivity index (χ2v) is 15.2. The van der Waals surface area contributed by atoms with Crippen LogP contribution in [0.4, 0.5) is 0 Å². The highest BCUT2D eigenvalue weighted by Gasteiger charge is 2.72. The molecule has 0 heterocycles. The van der Waals surface area contributed by atoms with Gasteiger partial charge in [-0.2, -0.15) is 0 Å². The van der Waals surface area contributed by atoms with Crippen LogP contribution in [0, 0.1) is 50.2 Å². The highest BCUT2D eigenvalue weighted by atomic mass is 16.4. The van der Waals surface area contributed by atoms with Gasteiger partial charge in [-0.3, -0.25) is 4.79 Å². The van der Waals surface area contributed by atoms with Crippen molar-refractivity contribution in [3.63, 3.8) is 0 Å². The van der Waals surface area contributed by atoms with Crippen molar-refractivity contribution in [3.8, 4) is 0 Å². The number of carboxylic acids is 1. The van der Waals surface area contributed by atoms with Crippen molar-refractivity contribution in [2.24, 2.45) is 50.2 Å². The van der Waals surface area contributed by atoms with Gasteiger partial charge in [0.05, 0.1) is 18.3 Å². The number of aliphatic carboxylic acids is 1. The van der Waals surface area contributed by atoms with Gasteiger partial charge in [0.15, 0.2) is 0 Å². The van der Waals surface area contributed by atoms with E-state index in [9.17, 15) is 25.2 Å². The Hall–Kier alpha value is -0.910. The Labute approximate surface area is 211 Å². The standard InChI is InChI=1S/C30H48O5/c1-25(2)14-18-17-8-9-20-27(5)12-11-21(31)26(3,4)19(27)10-13-28(20,6)29(17,7)15-23(33)30(18,24(34)35)16-22(25)32/h8,18-23,31-33H,9-16H2,1-7H3,(H,34,35)/t18?,19?,20?,21-,22-,23+,27-,28+,29+,30+/m0/s1. The van der Waals surface area contributed by atoms with E-state index in [1.807, 2.05) is 13.8 Å². The molecule has 0 aromatic rings. The zero-order chi connectivity index (χ0) is 26.0. The first-order valence-electron chi connectivity index (χ1n) is 14.0. The van der Waals surface area contributed by atoms with Crippen LogP contribution in [0.3, 0.4) is 0 Å². The summed E-state index contributed by atoms with van der Waals surface area (Å²) < 4.78 is 0. The summed E-state index contributed by atoms with van der Waals surface area (Å²) in [6, 6.07) is 0. The molecule has 5 heteroatoms. The van der Waals surface area contributed by atoms with Crippen molar-refractivity contribution in [1.29, 1.82) is 0 Å². The first-order chi connectivity index (χ1) is 16.0. The Bertz CT molecular complexity index is 952. The highest BCUT2D eigenvalue weighted by molar-refractivity contribution is 5.78. The minimum absolute atomic E-state index is 0.0491. The van der Waals surface area contributed by atoms with Gasteiger partial charge < -0.3 is 20.4 Å². The SMILES string of the molecule is CC1(C)CC2C3=CCC4[C@@]5(C)CC[C@H](O)C(C)(C)C5CC[C@@]4(C)[C@]3(C)C[C@@H](O)[C@@]2(C(=O)O)C[C@@H]1O. The van der Waals surface area contributed by atoms with Crippen molar-refractivity contribution in [2.75, 3.05) is 0 Å². The molecule has 0 aromatic carbocycles. The number of allylic oxidation sites excluding steroid dienone is 2.